The van der Waals surface area contributed by atoms with Gasteiger partial charge in [-0.1, -0.05) is 40.2 Å². The number of aryl methyl sites for hydroxylation is 1. The van der Waals surface area contributed by atoms with Crippen LogP contribution in [0, 0.1) is 0 Å². The van der Waals surface area contributed by atoms with Crippen molar-refractivity contribution in [2.24, 2.45) is 0 Å². The predicted molar refractivity (Wildman–Crippen MR) is 87.6 cm³/mol. The number of halogens is 1. The molecule has 1 aliphatic rings. The van der Waals surface area contributed by atoms with Crippen molar-refractivity contribution in [2.45, 2.75) is 31.8 Å². The van der Waals surface area contributed by atoms with E-state index < -0.39 is 0 Å². The maximum atomic E-state index is 5.86. The third kappa shape index (κ3) is 2.60. The lowest BCUT2D eigenvalue weighted by Gasteiger charge is -2.21. The minimum absolute atomic E-state index is 0.319. The summed E-state index contributed by atoms with van der Waals surface area (Å²) >= 11 is 3.63. The second kappa shape index (κ2) is 5.58. The van der Waals surface area contributed by atoms with Gasteiger partial charge in [0, 0.05) is 22.2 Å². The topological polar surface area (TPSA) is 38.0 Å². The molecule has 0 heterocycles. The summed E-state index contributed by atoms with van der Waals surface area (Å²) in [5.41, 5.74) is 10.8. The molecule has 1 aliphatic carbocycles. The monoisotopic (exact) mass is 330 g/mol. The molecule has 0 radical (unpaired) electrons. The van der Waals surface area contributed by atoms with E-state index in [-0.39, 0.29) is 0 Å². The Morgan fingerprint density at radius 3 is 2.85 bits per heavy atom. The van der Waals surface area contributed by atoms with Gasteiger partial charge in [-0.25, -0.2) is 0 Å². The van der Waals surface area contributed by atoms with E-state index in [9.17, 15) is 0 Å². The zero-order chi connectivity index (χ0) is 14.1. The Balaban J connectivity index is 1.79. The Morgan fingerprint density at radius 1 is 1.25 bits per heavy atom. The third-order valence-corrected chi connectivity index (χ3v) is 4.79. The van der Waals surface area contributed by atoms with Gasteiger partial charge >= 0.3 is 0 Å². The highest BCUT2D eigenvalue weighted by Gasteiger charge is 2.24. The first-order valence-electron chi connectivity index (χ1n) is 7.04. The van der Waals surface area contributed by atoms with Crippen LogP contribution in [0.1, 0.15) is 42.1 Å². The molecule has 0 aliphatic heterocycles. The van der Waals surface area contributed by atoms with Crippen molar-refractivity contribution in [1.82, 2.24) is 5.32 Å². The molecule has 20 heavy (non-hydrogen) atoms. The van der Waals surface area contributed by atoms with Crippen molar-refractivity contribution in [3.05, 3.63) is 63.6 Å². The van der Waals surface area contributed by atoms with E-state index in [2.05, 4.69) is 58.5 Å². The quantitative estimate of drug-likeness (QED) is 0.820. The molecule has 0 amide bonds. The summed E-state index contributed by atoms with van der Waals surface area (Å²) in [6, 6.07) is 15.4. The van der Waals surface area contributed by atoms with Crippen molar-refractivity contribution in [3.63, 3.8) is 0 Å². The van der Waals surface area contributed by atoms with Gasteiger partial charge in [-0.05, 0) is 54.7 Å². The summed E-state index contributed by atoms with van der Waals surface area (Å²) in [5.74, 6) is 0. The number of fused-ring (bicyclic) bond motifs is 1. The van der Waals surface area contributed by atoms with Crippen LogP contribution in [0.15, 0.2) is 46.9 Å². The predicted octanol–water partition coefficient (Wildman–Crippen LogP) is 4.37. The lowest BCUT2D eigenvalue weighted by Crippen LogP contribution is -2.23. The molecular weight excluding hydrogens is 312 g/mol. The first kappa shape index (κ1) is 13.7. The number of rotatable bonds is 3. The first-order valence-corrected chi connectivity index (χ1v) is 7.83. The first-order chi connectivity index (χ1) is 9.65. The van der Waals surface area contributed by atoms with Crippen LogP contribution < -0.4 is 11.1 Å². The smallest absolute Gasteiger partial charge is 0.0331 e. The number of benzene rings is 2. The lowest BCUT2D eigenvalue weighted by molar-refractivity contribution is 0.464. The van der Waals surface area contributed by atoms with Crippen LogP contribution in [0.4, 0.5) is 5.69 Å². The molecule has 0 fully saturated rings. The molecule has 2 nitrogen and oxygen atoms in total. The Bertz CT molecular complexity index is 624. The molecule has 1 unspecified atom stereocenters. The molecule has 2 aromatic rings. The highest BCUT2D eigenvalue weighted by molar-refractivity contribution is 9.10. The summed E-state index contributed by atoms with van der Waals surface area (Å²) in [4.78, 5) is 0. The number of nitrogens with two attached hydrogens (primary N) is 1. The largest absolute Gasteiger partial charge is 0.399 e. The Kier molecular flexibility index (Phi) is 3.81. The molecule has 3 heteroatoms. The second-order valence-electron chi connectivity index (χ2n) is 5.46. The molecular formula is C17H19BrN2. The Morgan fingerprint density at radius 2 is 2.05 bits per heavy atom. The average molecular weight is 331 g/mol. The molecule has 0 aromatic heterocycles. The summed E-state index contributed by atoms with van der Waals surface area (Å²) in [7, 11) is 0. The standard InChI is InChI=1S/C17H19BrN2/c1-11(14-4-2-3-5-16(14)18)20-17-9-6-12-10-13(19)7-8-15(12)17/h2-5,7-8,10-11,17,20H,6,9,19H2,1H3/t11-,17?/m1/s1. The van der Waals surface area contributed by atoms with Crippen LogP contribution >= 0.6 is 15.9 Å². The summed E-state index contributed by atoms with van der Waals surface area (Å²) < 4.78 is 1.16. The van der Waals surface area contributed by atoms with E-state index >= 15 is 0 Å². The number of hydrogen-bond acceptors (Lipinski definition) is 2. The third-order valence-electron chi connectivity index (χ3n) is 4.07. The molecule has 2 atom stereocenters. The van der Waals surface area contributed by atoms with Crippen LogP contribution in [0.5, 0.6) is 0 Å². The fourth-order valence-electron chi connectivity index (χ4n) is 3.03. The highest BCUT2D eigenvalue weighted by Crippen LogP contribution is 2.35. The van der Waals surface area contributed by atoms with Crippen molar-refractivity contribution < 1.29 is 0 Å². The van der Waals surface area contributed by atoms with E-state index in [1.165, 1.54) is 16.7 Å². The number of hydrogen-bond donors (Lipinski definition) is 2. The zero-order valence-electron chi connectivity index (χ0n) is 11.6. The van der Waals surface area contributed by atoms with E-state index in [0.717, 1.165) is 23.0 Å². The van der Waals surface area contributed by atoms with Gasteiger partial charge in [-0.2, -0.15) is 0 Å². The molecule has 3 rings (SSSR count). The maximum Gasteiger partial charge on any atom is 0.0331 e. The van der Waals surface area contributed by atoms with E-state index in [1.54, 1.807) is 0 Å². The maximum absolute atomic E-state index is 5.86. The Labute approximate surface area is 128 Å². The SMILES string of the molecule is C[C@@H](NC1CCc2cc(N)ccc21)c1ccccc1Br. The van der Waals surface area contributed by atoms with Gasteiger partial charge in [0.2, 0.25) is 0 Å². The molecule has 0 saturated heterocycles. The van der Waals surface area contributed by atoms with Crippen molar-refractivity contribution >= 4 is 21.6 Å². The fourth-order valence-corrected chi connectivity index (χ4v) is 3.66. The van der Waals surface area contributed by atoms with Crippen LogP contribution in [-0.2, 0) is 6.42 Å². The van der Waals surface area contributed by atoms with Gasteiger partial charge in [-0.3, -0.25) is 0 Å². The lowest BCUT2D eigenvalue weighted by atomic mass is 10.0. The van der Waals surface area contributed by atoms with Crippen LogP contribution in [0.2, 0.25) is 0 Å². The molecule has 104 valence electrons. The summed E-state index contributed by atoms with van der Waals surface area (Å²) in [5, 5.41) is 3.74. The zero-order valence-corrected chi connectivity index (χ0v) is 13.2. The van der Waals surface area contributed by atoms with Crippen LogP contribution in [0.25, 0.3) is 0 Å². The number of anilines is 1. The summed E-state index contributed by atoms with van der Waals surface area (Å²) in [6.45, 7) is 2.22. The molecule has 0 spiro atoms. The van der Waals surface area contributed by atoms with Gasteiger partial charge in [0.15, 0.2) is 0 Å². The van der Waals surface area contributed by atoms with Gasteiger partial charge in [0.1, 0.15) is 0 Å². The van der Waals surface area contributed by atoms with Crippen LogP contribution in [0.3, 0.4) is 0 Å². The average Bonchev–Trinajstić information content (AvgIpc) is 2.81. The van der Waals surface area contributed by atoms with E-state index in [4.69, 9.17) is 5.73 Å². The Hall–Kier alpha value is -1.32. The minimum Gasteiger partial charge on any atom is -0.399 e. The number of nitrogens with one attached hydrogen (secondary N) is 1. The molecule has 2 aromatic carbocycles. The fraction of sp³-hybridized carbons (Fsp3) is 0.294. The van der Waals surface area contributed by atoms with E-state index in [1.807, 2.05) is 12.1 Å². The van der Waals surface area contributed by atoms with Gasteiger partial charge in [0.25, 0.3) is 0 Å². The van der Waals surface area contributed by atoms with Crippen molar-refractivity contribution in [2.75, 3.05) is 5.73 Å². The van der Waals surface area contributed by atoms with E-state index in [0.29, 0.717) is 12.1 Å². The second-order valence-corrected chi connectivity index (χ2v) is 6.31. The van der Waals surface area contributed by atoms with Crippen molar-refractivity contribution in [1.29, 1.82) is 0 Å². The van der Waals surface area contributed by atoms with Crippen molar-refractivity contribution in [3.8, 4) is 0 Å². The van der Waals surface area contributed by atoms with Gasteiger partial charge in [-0.15, -0.1) is 0 Å². The summed E-state index contributed by atoms with van der Waals surface area (Å²) in [6.07, 6.45) is 2.26. The van der Waals surface area contributed by atoms with Gasteiger partial charge in [0.05, 0.1) is 0 Å². The normalized spacial score (nSPS) is 18.8. The minimum atomic E-state index is 0.319. The van der Waals surface area contributed by atoms with Crippen LogP contribution in [-0.4, -0.2) is 0 Å². The molecule has 3 N–H and O–H groups in total. The highest BCUT2D eigenvalue weighted by atomic mass is 79.9. The van der Waals surface area contributed by atoms with Gasteiger partial charge < -0.3 is 11.1 Å². The molecule has 0 bridgehead atoms. The molecule has 0 saturated carbocycles. The number of nitrogen functional groups attached to an aromatic ring is 1.